The summed E-state index contributed by atoms with van der Waals surface area (Å²) in [6.45, 7) is 0. The Morgan fingerprint density at radius 2 is 2.00 bits per heavy atom. The van der Waals surface area contributed by atoms with Gasteiger partial charge in [0.25, 0.3) is 11.2 Å². The molecule has 0 spiro atoms. The topological polar surface area (TPSA) is 103 Å². The highest BCUT2D eigenvalue weighted by Crippen LogP contribution is 2.15. The van der Waals surface area contributed by atoms with Crippen LogP contribution in [-0.4, -0.2) is 24.5 Å². The second kappa shape index (κ2) is 5.87. The summed E-state index contributed by atoms with van der Waals surface area (Å²) in [4.78, 5) is 31.5. The number of nitro groups is 1. The summed E-state index contributed by atoms with van der Waals surface area (Å²) in [6.07, 6.45) is 4.95. The van der Waals surface area contributed by atoms with Crippen molar-refractivity contribution in [3.05, 3.63) is 79.4 Å². The van der Waals surface area contributed by atoms with Crippen LogP contribution in [0.1, 0.15) is 5.56 Å². The minimum atomic E-state index is -0.466. The van der Waals surface area contributed by atoms with Gasteiger partial charge in [0.15, 0.2) is 5.82 Å². The zero-order valence-electron chi connectivity index (χ0n) is 12.6. The van der Waals surface area contributed by atoms with Crippen LogP contribution in [0.3, 0.4) is 0 Å². The highest BCUT2D eigenvalue weighted by molar-refractivity contribution is 7.15. The largest absolute Gasteiger partial charge is 0.291 e. The van der Waals surface area contributed by atoms with Crippen LogP contribution in [-0.2, 0) is 0 Å². The van der Waals surface area contributed by atoms with Gasteiger partial charge in [-0.15, -0.1) is 5.10 Å². The number of pyridine rings is 1. The van der Waals surface area contributed by atoms with Gasteiger partial charge in [-0.3, -0.25) is 19.9 Å². The maximum absolute atomic E-state index is 12.5. The molecule has 1 aromatic carbocycles. The van der Waals surface area contributed by atoms with E-state index in [1.54, 1.807) is 36.7 Å². The molecule has 0 unspecified atom stereocenters. The number of rotatable bonds is 3. The van der Waals surface area contributed by atoms with E-state index in [2.05, 4.69) is 15.1 Å². The predicted molar refractivity (Wildman–Crippen MR) is 92.2 cm³/mol. The lowest BCUT2D eigenvalue weighted by Crippen LogP contribution is -2.23. The summed E-state index contributed by atoms with van der Waals surface area (Å²) < 4.78 is 1.71. The summed E-state index contributed by atoms with van der Waals surface area (Å²) in [7, 11) is 0. The number of non-ortho nitro benzene ring substituents is 1. The Hall–Kier alpha value is -3.46. The number of hydrogen-bond acceptors (Lipinski definition) is 7. The Morgan fingerprint density at radius 1 is 1.20 bits per heavy atom. The molecule has 0 aliphatic carbocycles. The van der Waals surface area contributed by atoms with Crippen molar-refractivity contribution in [1.82, 2.24) is 19.6 Å². The Morgan fingerprint density at radius 3 is 2.64 bits per heavy atom. The number of aromatic nitrogens is 4. The molecule has 0 fully saturated rings. The van der Waals surface area contributed by atoms with Crippen molar-refractivity contribution >= 4 is 28.1 Å². The van der Waals surface area contributed by atoms with Crippen molar-refractivity contribution in [2.45, 2.75) is 0 Å². The van der Waals surface area contributed by atoms with Crippen LogP contribution >= 0.6 is 11.3 Å². The van der Waals surface area contributed by atoms with Crippen molar-refractivity contribution in [2.24, 2.45) is 0 Å². The standard InChI is InChI=1S/C16H9N5O3S/c22-15-13(8-10-3-5-12(6-4-10)21(23)24)25-16-18-14(19-20(15)16)11-2-1-7-17-9-11/h1-9H. The highest BCUT2D eigenvalue weighted by Gasteiger charge is 2.12. The van der Waals surface area contributed by atoms with E-state index in [9.17, 15) is 14.9 Å². The first-order chi connectivity index (χ1) is 12.1. The Bertz CT molecular complexity index is 1180. The van der Waals surface area contributed by atoms with Gasteiger partial charge in [0.1, 0.15) is 0 Å². The number of hydrogen-bond donors (Lipinski definition) is 0. The van der Waals surface area contributed by atoms with Crippen LogP contribution in [0.5, 0.6) is 0 Å². The van der Waals surface area contributed by atoms with Gasteiger partial charge in [-0.1, -0.05) is 11.3 Å². The van der Waals surface area contributed by atoms with Crippen LogP contribution in [0.2, 0.25) is 0 Å². The molecule has 8 nitrogen and oxygen atoms in total. The van der Waals surface area contributed by atoms with E-state index in [-0.39, 0.29) is 11.2 Å². The van der Waals surface area contributed by atoms with Crippen molar-refractivity contribution in [3.8, 4) is 11.4 Å². The van der Waals surface area contributed by atoms with Crippen molar-refractivity contribution in [1.29, 1.82) is 0 Å². The van der Waals surface area contributed by atoms with E-state index in [4.69, 9.17) is 0 Å². The third kappa shape index (κ3) is 2.76. The first kappa shape index (κ1) is 15.1. The number of fused-ring (bicyclic) bond motifs is 1. The van der Waals surface area contributed by atoms with E-state index in [1.165, 1.54) is 28.0 Å². The first-order valence-electron chi connectivity index (χ1n) is 7.18. The Kier molecular flexibility index (Phi) is 3.55. The van der Waals surface area contributed by atoms with Gasteiger partial charge in [-0.2, -0.15) is 9.50 Å². The van der Waals surface area contributed by atoms with Crippen LogP contribution in [0, 0.1) is 10.1 Å². The summed E-state index contributed by atoms with van der Waals surface area (Å²) in [5.74, 6) is 0.443. The van der Waals surface area contributed by atoms with E-state index >= 15 is 0 Å². The van der Waals surface area contributed by atoms with Gasteiger partial charge in [-0.25, -0.2) is 0 Å². The van der Waals surface area contributed by atoms with Crippen LogP contribution in [0.4, 0.5) is 5.69 Å². The van der Waals surface area contributed by atoms with E-state index < -0.39 is 4.92 Å². The molecule has 0 amide bonds. The molecule has 0 radical (unpaired) electrons. The minimum Gasteiger partial charge on any atom is -0.266 e. The third-order valence-electron chi connectivity index (χ3n) is 3.50. The molecule has 122 valence electrons. The molecule has 9 heteroatoms. The molecular formula is C16H9N5O3S. The van der Waals surface area contributed by atoms with Crippen LogP contribution < -0.4 is 10.1 Å². The van der Waals surface area contributed by atoms with Gasteiger partial charge in [0.05, 0.1) is 9.46 Å². The smallest absolute Gasteiger partial charge is 0.266 e. The van der Waals surface area contributed by atoms with E-state index in [0.717, 1.165) is 5.56 Å². The minimum absolute atomic E-state index is 0.00302. The Balaban J connectivity index is 1.76. The average Bonchev–Trinajstić information content (AvgIpc) is 3.16. The number of thiazole rings is 1. The molecule has 0 N–H and O–H groups in total. The molecule has 0 aliphatic heterocycles. The van der Waals surface area contributed by atoms with Crippen LogP contribution in [0.25, 0.3) is 22.4 Å². The SMILES string of the molecule is O=c1c(=Cc2ccc([N+](=O)[O-])cc2)sc2nc(-c3cccnc3)nn12. The van der Waals surface area contributed by atoms with Crippen molar-refractivity contribution < 1.29 is 4.92 Å². The fourth-order valence-corrected chi connectivity index (χ4v) is 3.20. The molecular weight excluding hydrogens is 342 g/mol. The predicted octanol–water partition coefficient (Wildman–Crippen LogP) is 1.67. The summed E-state index contributed by atoms with van der Waals surface area (Å²) in [6, 6.07) is 9.57. The molecule has 25 heavy (non-hydrogen) atoms. The summed E-state index contributed by atoms with van der Waals surface area (Å²) >= 11 is 1.21. The lowest BCUT2D eigenvalue weighted by molar-refractivity contribution is -0.384. The molecule has 4 rings (SSSR count). The zero-order valence-corrected chi connectivity index (χ0v) is 13.4. The fourth-order valence-electron chi connectivity index (χ4n) is 2.29. The quantitative estimate of drug-likeness (QED) is 0.411. The fraction of sp³-hybridized carbons (Fsp3) is 0. The summed E-state index contributed by atoms with van der Waals surface area (Å²) in [5, 5.41) is 14.9. The molecule has 0 saturated carbocycles. The van der Waals surface area contributed by atoms with Crippen LogP contribution in [0.15, 0.2) is 53.6 Å². The van der Waals surface area contributed by atoms with E-state index in [0.29, 0.717) is 20.9 Å². The first-order valence-corrected chi connectivity index (χ1v) is 7.99. The summed E-state index contributed by atoms with van der Waals surface area (Å²) in [5.41, 5.74) is 1.16. The molecule has 0 aliphatic rings. The number of nitrogens with zero attached hydrogens (tertiary/aromatic N) is 5. The van der Waals surface area contributed by atoms with Gasteiger partial charge in [0.2, 0.25) is 4.96 Å². The molecule has 0 atom stereocenters. The number of benzene rings is 1. The molecule has 3 aromatic heterocycles. The van der Waals surface area contributed by atoms with Gasteiger partial charge in [0, 0.05) is 30.1 Å². The molecule has 0 bridgehead atoms. The maximum Gasteiger partial charge on any atom is 0.291 e. The molecule has 3 heterocycles. The second-order valence-corrected chi connectivity index (χ2v) is 6.15. The third-order valence-corrected chi connectivity index (χ3v) is 4.46. The van der Waals surface area contributed by atoms with Gasteiger partial charge in [-0.05, 0) is 35.9 Å². The normalized spacial score (nSPS) is 11.9. The zero-order chi connectivity index (χ0) is 17.4. The molecule has 4 aromatic rings. The average molecular weight is 351 g/mol. The lowest BCUT2D eigenvalue weighted by Gasteiger charge is -1.92. The van der Waals surface area contributed by atoms with Gasteiger partial charge < -0.3 is 0 Å². The highest BCUT2D eigenvalue weighted by atomic mass is 32.1. The van der Waals surface area contributed by atoms with Crippen molar-refractivity contribution in [2.75, 3.05) is 0 Å². The monoisotopic (exact) mass is 351 g/mol. The van der Waals surface area contributed by atoms with Crippen molar-refractivity contribution in [3.63, 3.8) is 0 Å². The maximum atomic E-state index is 12.5. The van der Waals surface area contributed by atoms with Gasteiger partial charge >= 0.3 is 0 Å². The Labute approximate surface area is 143 Å². The lowest BCUT2D eigenvalue weighted by atomic mass is 10.2. The molecule has 0 saturated heterocycles. The number of nitro benzene ring substituents is 1. The second-order valence-electron chi connectivity index (χ2n) is 5.14. The van der Waals surface area contributed by atoms with E-state index in [1.807, 2.05) is 6.07 Å².